The Balaban J connectivity index is 2.27. The van der Waals surface area contributed by atoms with E-state index in [0.717, 1.165) is 18.4 Å². The van der Waals surface area contributed by atoms with E-state index in [0.29, 0.717) is 13.2 Å². The highest BCUT2D eigenvalue weighted by Gasteiger charge is 2.18. The van der Waals surface area contributed by atoms with Crippen LogP contribution < -0.4 is 0 Å². The average Bonchev–Trinajstić information content (AvgIpc) is 2.19. The highest BCUT2D eigenvalue weighted by Crippen LogP contribution is 2.13. The Hall–Kier alpha value is -0.860. The van der Waals surface area contributed by atoms with Gasteiger partial charge < -0.3 is 9.84 Å². The number of rotatable bonds is 6. The predicted molar refractivity (Wildman–Crippen MR) is 61.6 cm³/mol. The van der Waals surface area contributed by atoms with Crippen LogP contribution in [0.15, 0.2) is 30.3 Å². The maximum Gasteiger partial charge on any atom is 0.0852 e. The molecule has 0 spiro atoms. The molecular formula is C13H20O2. The largest absolute Gasteiger partial charge is 0.388 e. The third kappa shape index (κ3) is 4.96. The standard InChI is InChI=1S/C13H20O2/c1-3-9-13(2,14)11-15-10-12-7-5-4-6-8-12/h4-8,14H,3,9-11H2,1-2H3/t13-/m0/s1. The van der Waals surface area contributed by atoms with Crippen molar-refractivity contribution in [1.29, 1.82) is 0 Å². The lowest BCUT2D eigenvalue weighted by molar-refractivity contribution is -0.0446. The van der Waals surface area contributed by atoms with Crippen LogP contribution in [0.25, 0.3) is 0 Å². The summed E-state index contributed by atoms with van der Waals surface area (Å²) < 4.78 is 5.49. The lowest BCUT2D eigenvalue weighted by atomic mass is 10.0. The summed E-state index contributed by atoms with van der Waals surface area (Å²) in [6.45, 7) is 4.85. The molecule has 0 unspecified atom stereocenters. The molecule has 84 valence electrons. The normalized spacial score (nSPS) is 14.9. The highest BCUT2D eigenvalue weighted by molar-refractivity contribution is 5.13. The molecule has 0 saturated heterocycles. The summed E-state index contributed by atoms with van der Waals surface area (Å²) in [5, 5.41) is 9.87. The average molecular weight is 208 g/mol. The first-order valence-electron chi connectivity index (χ1n) is 5.48. The second-order valence-corrected chi connectivity index (χ2v) is 4.23. The monoisotopic (exact) mass is 208 g/mol. The second-order valence-electron chi connectivity index (χ2n) is 4.23. The Morgan fingerprint density at radius 3 is 2.53 bits per heavy atom. The minimum absolute atomic E-state index is 0.399. The Labute approximate surface area is 91.9 Å². The van der Waals surface area contributed by atoms with Crippen LogP contribution in [0, 0.1) is 0 Å². The van der Waals surface area contributed by atoms with E-state index in [-0.39, 0.29) is 0 Å². The Bertz CT molecular complexity index is 267. The number of ether oxygens (including phenoxy) is 1. The van der Waals surface area contributed by atoms with Gasteiger partial charge >= 0.3 is 0 Å². The molecule has 2 heteroatoms. The van der Waals surface area contributed by atoms with E-state index in [1.165, 1.54) is 0 Å². The van der Waals surface area contributed by atoms with Gasteiger partial charge in [-0.15, -0.1) is 0 Å². The number of benzene rings is 1. The Kier molecular flexibility index (Phi) is 4.79. The van der Waals surface area contributed by atoms with Gasteiger partial charge in [0.15, 0.2) is 0 Å². The fraction of sp³-hybridized carbons (Fsp3) is 0.538. The minimum Gasteiger partial charge on any atom is -0.388 e. The molecule has 0 aromatic heterocycles. The van der Waals surface area contributed by atoms with Crippen LogP contribution in [0.1, 0.15) is 32.3 Å². The molecule has 1 aromatic rings. The molecule has 0 aliphatic heterocycles. The van der Waals surface area contributed by atoms with Gasteiger partial charge in [-0.1, -0.05) is 43.7 Å². The molecule has 0 fully saturated rings. The van der Waals surface area contributed by atoms with Gasteiger partial charge in [0.2, 0.25) is 0 Å². The number of aliphatic hydroxyl groups is 1. The lowest BCUT2D eigenvalue weighted by Gasteiger charge is -2.22. The smallest absolute Gasteiger partial charge is 0.0852 e. The molecule has 1 atom stereocenters. The van der Waals surface area contributed by atoms with E-state index < -0.39 is 5.60 Å². The van der Waals surface area contributed by atoms with Crippen LogP contribution in [-0.2, 0) is 11.3 Å². The molecule has 0 aliphatic rings. The van der Waals surface area contributed by atoms with Crippen LogP contribution in [-0.4, -0.2) is 17.3 Å². The number of hydrogen-bond acceptors (Lipinski definition) is 2. The van der Waals surface area contributed by atoms with Crippen molar-refractivity contribution in [1.82, 2.24) is 0 Å². The second kappa shape index (κ2) is 5.89. The third-order valence-electron chi connectivity index (χ3n) is 2.31. The Morgan fingerprint density at radius 1 is 1.27 bits per heavy atom. The van der Waals surface area contributed by atoms with E-state index in [9.17, 15) is 5.11 Å². The molecule has 1 N–H and O–H groups in total. The summed E-state index contributed by atoms with van der Waals surface area (Å²) >= 11 is 0. The third-order valence-corrected chi connectivity index (χ3v) is 2.31. The maximum atomic E-state index is 9.87. The summed E-state index contributed by atoms with van der Waals surface area (Å²) in [6, 6.07) is 10.0. The highest BCUT2D eigenvalue weighted by atomic mass is 16.5. The fourth-order valence-corrected chi connectivity index (χ4v) is 1.57. The molecule has 0 amide bonds. The van der Waals surface area contributed by atoms with Crippen molar-refractivity contribution in [2.24, 2.45) is 0 Å². The first kappa shape index (κ1) is 12.2. The van der Waals surface area contributed by atoms with Crippen LogP contribution in [0.4, 0.5) is 0 Å². The molecule has 0 bridgehead atoms. The van der Waals surface area contributed by atoms with E-state index in [4.69, 9.17) is 4.74 Å². The van der Waals surface area contributed by atoms with Crippen LogP contribution in [0.5, 0.6) is 0 Å². The van der Waals surface area contributed by atoms with Gasteiger partial charge in [0.25, 0.3) is 0 Å². The van der Waals surface area contributed by atoms with Crippen molar-refractivity contribution in [2.75, 3.05) is 6.61 Å². The van der Waals surface area contributed by atoms with Gasteiger partial charge in [-0.25, -0.2) is 0 Å². The zero-order valence-electron chi connectivity index (χ0n) is 9.57. The topological polar surface area (TPSA) is 29.5 Å². The molecule has 2 nitrogen and oxygen atoms in total. The van der Waals surface area contributed by atoms with Gasteiger partial charge in [0.05, 0.1) is 18.8 Å². The first-order valence-corrected chi connectivity index (χ1v) is 5.48. The van der Waals surface area contributed by atoms with Gasteiger partial charge in [0, 0.05) is 0 Å². The summed E-state index contributed by atoms with van der Waals surface area (Å²) in [6.07, 6.45) is 1.75. The molecule has 0 radical (unpaired) electrons. The van der Waals surface area contributed by atoms with Crippen molar-refractivity contribution < 1.29 is 9.84 Å². The molecule has 0 saturated carbocycles. The summed E-state index contributed by atoms with van der Waals surface area (Å²) in [4.78, 5) is 0. The van der Waals surface area contributed by atoms with Crippen molar-refractivity contribution in [3.05, 3.63) is 35.9 Å². The molecule has 0 aliphatic carbocycles. The van der Waals surface area contributed by atoms with Gasteiger partial charge in [-0.2, -0.15) is 0 Å². The van der Waals surface area contributed by atoms with Gasteiger partial charge in [-0.05, 0) is 18.9 Å². The van der Waals surface area contributed by atoms with Crippen LogP contribution in [0.3, 0.4) is 0 Å². The first-order chi connectivity index (χ1) is 7.14. The SMILES string of the molecule is CCC[C@](C)(O)COCc1ccccc1. The van der Waals surface area contributed by atoms with Gasteiger partial charge in [-0.3, -0.25) is 0 Å². The van der Waals surface area contributed by atoms with E-state index in [1.807, 2.05) is 37.3 Å². The zero-order valence-corrected chi connectivity index (χ0v) is 9.57. The molecule has 1 aromatic carbocycles. The quantitative estimate of drug-likeness (QED) is 0.779. The van der Waals surface area contributed by atoms with Crippen molar-refractivity contribution in [3.63, 3.8) is 0 Å². The summed E-state index contributed by atoms with van der Waals surface area (Å²) in [7, 11) is 0. The van der Waals surface area contributed by atoms with Crippen molar-refractivity contribution in [2.45, 2.75) is 38.9 Å². The van der Waals surface area contributed by atoms with E-state index >= 15 is 0 Å². The van der Waals surface area contributed by atoms with E-state index in [1.54, 1.807) is 0 Å². The zero-order chi connectivity index (χ0) is 11.1. The number of hydrogen-bond donors (Lipinski definition) is 1. The van der Waals surface area contributed by atoms with Crippen molar-refractivity contribution >= 4 is 0 Å². The fourth-order valence-electron chi connectivity index (χ4n) is 1.57. The molecule has 0 heterocycles. The molecule has 1 rings (SSSR count). The van der Waals surface area contributed by atoms with E-state index in [2.05, 4.69) is 6.92 Å². The van der Waals surface area contributed by atoms with Gasteiger partial charge in [0.1, 0.15) is 0 Å². The summed E-state index contributed by atoms with van der Waals surface area (Å²) in [5.74, 6) is 0. The maximum absolute atomic E-state index is 9.87. The lowest BCUT2D eigenvalue weighted by Crippen LogP contribution is -2.30. The van der Waals surface area contributed by atoms with Crippen LogP contribution >= 0.6 is 0 Å². The van der Waals surface area contributed by atoms with Crippen molar-refractivity contribution in [3.8, 4) is 0 Å². The summed E-state index contributed by atoms with van der Waals surface area (Å²) in [5.41, 5.74) is 0.452. The Morgan fingerprint density at radius 2 is 1.93 bits per heavy atom. The van der Waals surface area contributed by atoms with Crippen LogP contribution in [0.2, 0.25) is 0 Å². The molecular weight excluding hydrogens is 188 g/mol. The minimum atomic E-state index is -0.691. The predicted octanol–water partition coefficient (Wildman–Crippen LogP) is 2.75. The molecule has 15 heavy (non-hydrogen) atoms.